The van der Waals surface area contributed by atoms with E-state index in [9.17, 15) is 9.59 Å². The highest BCUT2D eigenvalue weighted by Crippen LogP contribution is 2.49. The van der Waals surface area contributed by atoms with Crippen LogP contribution in [0.3, 0.4) is 0 Å². The van der Waals surface area contributed by atoms with E-state index >= 15 is 0 Å². The summed E-state index contributed by atoms with van der Waals surface area (Å²) in [5.41, 5.74) is -0.108. The quantitative estimate of drug-likeness (QED) is 0.660. The summed E-state index contributed by atoms with van der Waals surface area (Å²) in [7, 11) is 0. The number of ether oxygens (including phenoxy) is 1. The maximum Gasteiger partial charge on any atom is 0.329 e. The highest BCUT2D eigenvalue weighted by atomic mass is 16.5. The van der Waals surface area contributed by atoms with Crippen LogP contribution in [0.2, 0.25) is 0 Å². The van der Waals surface area contributed by atoms with Crippen LogP contribution in [0.4, 0.5) is 0 Å². The van der Waals surface area contributed by atoms with E-state index in [-0.39, 0.29) is 23.3 Å². The van der Waals surface area contributed by atoms with Crippen LogP contribution in [0.15, 0.2) is 0 Å². The molecule has 0 radical (unpaired) electrons. The predicted octanol–water partition coefficient (Wildman–Crippen LogP) is 0.608. The summed E-state index contributed by atoms with van der Waals surface area (Å²) in [6.45, 7) is 2.16. The molecular weight excluding hydrogens is 182 g/mol. The molecule has 1 saturated heterocycles. The lowest BCUT2D eigenvalue weighted by atomic mass is 9.64. The van der Waals surface area contributed by atoms with Gasteiger partial charge in [0, 0.05) is 11.8 Å². The van der Waals surface area contributed by atoms with Crippen molar-refractivity contribution >= 4 is 11.9 Å². The molecule has 1 unspecified atom stereocenters. The first-order valence-corrected chi connectivity index (χ1v) is 5.14. The van der Waals surface area contributed by atoms with Gasteiger partial charge in [-0.25, -0.2) is 4.79 Å². The van der Waals surface area contributed by atoms with Gasteiger partial charge in [0.25, 0.3) is 0 Å². The van der Waals surface area contributed by atoms with Crippen LogP contribution in [0.25, 0.3) is 0 Å². The molecule has 14 heavy (non-hydrogen) atoms. The SMILES string of the molecule is CCOC(=O)C1NC(=O)CC12CCC2. The van der Waals surface area contributed by atoms with E-state index < -0.39 is 0 Å². The van der Waals surface area contributed by atoms with Crippen LogP contribution in [0.1, 0.15) is 32.6 Å². The molecule has 2 fully saturated rings. The summed E-state index contributed by atoms with van der Waals surface area (Å²) in [4.78, 5) is 22.8. The van der Waals surface area contributed by atoms with Crippen molar-refractivity contribution in [3.8, 4) is 0 Å². The average Bonchev–Trinajstić information content (AvgIpc) is 2.43. The van der Waals surface area contributed by atoms with Crippen molar-refractivity contribution in [1.82, 2.24) is 5.32 Å². The van der Waals surface area contributed by atoms with Gasteiger partial charge >= 0.3 is 5.97 Å². The second-order valence-electron chi connectivity index (χ2n) is 4.15. The van der Waals surface area contributed by atoms with Crippen molar-refractivity contribution in [2.75, 3.05) is 6.61 Å². The lowest BCUT2D eigenvalue weighted by Crippen LogP contribution is -2.48. The molecule has 78 valence electrons. The highest BCUT2D eigenvalue weighted by Gasteiger charge is 2.54. The van der Waals surface area contributed by atoms with Gasteiger partial charge in [0.2, 0.25) is 5.91 Å². The minimum atomic E-state index is -0.385. The van der Waals surface area contributed by atoms with E-state index in [2.05, 4.69) is 5.32 Å². The summed E-state index contributed by atoms with van der Waals surface area (Å²) >= 11 is 0. The van der Waals surface area contributed by atoms with Crippen LogP contribution in [-0.2, 0) is 14.3 Å². The maximum atomic E-state index is 11.6. The Morgan fingerprint density at radius 2 is 2.36 bits per heavy atom. The molecule has 4 heteroatoms. The Morgan fingerprint density at radius 1 is 1.64 bits per heavy atom. The monoisotopic (exact) mass is 197 g/mol. The molecule has 4 nitrogen and oxygen atoms in total. The summed E-state index contributed by atoms with van der Waals surface area (Å²) in [5.74, 6) is -0.277. The fourth-order valence-electron chi connectivity index (χ4n) is 2.42. The van der Waals surface area contributed by atoms with Gasteiger partial charge in [0.15, 0.2) is 0 Å². The Hall–Kier alpha value is -1.06. The zero-order chi connectivity index (χ0) is 10.2. The van der Waals surface area contributed by atoms with Crippen LogP contribution >= 0.6 is 0 Å². The van der Waals surface area contributed by atoms with E-state index in [0.717, 1.165) is 19.3 Å². The lowest BCUT2D eigenvalue weighted by Gasteiger charge is -2.40. The Bertz CT molecular complexity index is 271. The molecular formula is C10H15NO3. The molecule has 1 amide bonds. The molecule has 0 bridgehead atoms. The number of rotatable bonds is 2. The fraction of sp³-hybridized carbons (Fsp3) is 0.800. The molecule has 2 aliphatic rings. The normalized spacial score (nSPS) is 28.4. The van der Waals surface area contributed by atoms with E-state index in [1.165, 1.54) is 0 Å². The maximum absolute atomic E-state index is 11.6. The largest absolute Gasteiger partial charge is 0.464 e. The minimum Gasteiger partial charge on any atom is -0.464 e. The van der Waals surface area contributed by atoms with Gasteiger partial charge in [-0.05, 0) is 19.8 Å². The highest BCUT2D eigenvalue weighted by molar-refractivity contribution is 5.90. The fourth-order valence-corrected chi connectivity index (χ4v) is 2.42. The number of carbonyl (C=O) groups excluding carboxylic acids is 2. The summed E-state index contributed by atoms with van der Waals surface area (Å²) in [5, 5.41) is 2.72. The van der Waals surface area contributed by atoms with Crippen molar-refractivity contribution in [3.05, 3.63) is 0 Å². The van der Waals surface area contributed by atoms with Gasteiger partial charge in [0.05, 0.1) is 6.61 Å². The molecule has 1 N–H and O–H groups in total. The molecule has 0 aromatic heterocycles. The smallest absolute Gasteiger partial charge is 0.329 e. The molecule has 0 aromatic carbocycles. The van der Waals surface area contributed by atoms with Crippen LogP contribution in [0.5, 0.6) is 0 Å². The second-order valence-corrected chi connectivity index (χ2v) is 4.15. The van der Waals surface area contributed by atoms with E-state index in [1.807, 2.05) is 0 Å². The van der Waals surface area contributed by atoms with E-state index in [4.69, 9.17) is 4.74 Å². The molecule has 1 spiro atoms. The molecule has 1 aliphatic heterocycles. The van der Waals surface area contributed by atoms with Gasteiger partial charge in [0.1, 0.15) is 6.04 Å². The van der Waals surface area contributed by atoms with Gasteiger partial charge in [-0.2, -0.15) is 0 Å². The summed E-state index contributed by atoms with van der Waals surface area (Å²) in [6.07, 6.45) is 3.55. The van der Waals surface area contributed by atoms with E-state index in [0.29, 0.717) is 13.0 Å². The number of hydrogen-bond donors (Lipinski definition) is 1. The van der Waals surface area contributed by atoms with Gasteiger partial charge in [-0.3, -0.25) is 4.79 Å². The van der Waals surface area contributed by atoms with Crippen LogP contribution in [0, 0.1) is 5.41 Å². The molecule has 1 atom stereocenters. The Morgan fingerprint density at radius 3 is 2.86 bits per heavy atom. The number of carbonyl (C=O) groups is 2. The molecule has 1 aliphatic carbocycles. The molecule has 0 aromatic rings. The number of hydrogen-bond acceptors (Lipinski definition) is 3. The van der Waals surface area contributed by atoms with Crippen LogP contribution < -0.4 is 5.32 Å². The van der Waals surface area contributed by atoms with Crippen molar-refractivity contribution in [2.45, 2.75) is 38.6 Å². The Kier molecular flexibility index (Phi) is 2.21. The topological polar surface area (TPSA) is 55.4 Å². The van der Waals surface area contributed by atoms with Crippen molar-refractivity contribution < 1.29 is 14.3 Å². The summed E-state index contributed by atoms with van der Waals surface area (Å²) < 4.78 is 4.95. The van der Waals surface area contributed by atoms with Crippen molar-refractivity contribution in [3.63, 3.8) is 0 Å². The first-order valence-electron chi connectivity index (χ1n) is 5.14. The lowest BCUT2D eigenvalue weighted by molar-refractivity contribution is -0.150. The molecule has 1 heterocycles. The number of amides is 1. The van der Waals surface area contributed by atoms with Crippen molar-refractivity contribution in [1.29, 1.82) is 0 Å². The third-order valence-corrected chi connectivity index (χ3v) is 3.30. The van der Waals surface area contributed by atoms with Gasteiger partial charge in [-0.1, -0.05) is 6.42 Å². The Balaban J connectivity index is 2.09. The third kappa shape index (κ3) is 1.29. The predicted molar refractivity (Wildman–Crippen MR) is 49.5 cm³/mol. The standard InChI is InChI=1S/C10H15NO3/c1-2-14-9(13)8-10(4-3-5-10)6-7(12)11-8/h8H,2-6H2,1H3,(H,11,12). The Labute approximate surface area is 83.0 Å². The minimum absolute atomic E-state index is 0.0113. The van der Waals surface area contributed by atoms with Crippen molar-refractivity contribution in [2.24, 2.45) is 5.41 Å². The first kappa shape index (κ1) is 9.49. The number of esters is 1. The van der Waals surface area contributed by atoms with Gasteiger partial charge < -0.3 is 10.1 Å². The molecule has 2 rings (SSSR count). The summed E-state index contributed by atoms with van der Waals surface area (Å²) in [6, 6.07) is -0.385. The van der Waals surface area contributed by atoms with Gasteiger partial charge in [-0.15, -0.1) is 0 Å². The molecule has 1 saturated carbocycles. The average molecular weight is 197 g/mol. The zero-order valence-corrected chi connectivity index (χ0v) is 8.34. The first-order chi connectivity index (χ1) is 6.68. The van der Waals surface area contributed by atoms with E-state index in [1.54, 1.807) is 6.92 Å². The third-order valence-electron chi connectivity index (χ3n) is 3.30. The zero-order valence-electron chi connectivity index (χ0n) is 8.34. The number of nitrogens with one attached hydrogen (secondary N) is 1. The van der Waals surface area contributed by atoms with Crippen LogP contribution in [-0.4, -0.2) is 24.5 Å². The second kappa shape index (κ2) is 3.26.